The smallest absolute Gasteiger partial charge is 0.269 e. The fraction of sp³-hybridized carbons (Fsp3) is 0.357. The van der Waals surface area contributed by atoms with Crippen LogP contribution >= 0.6 is 0 Å². The van der Waals surface area contributed by atoms with E-state index < -0.39 is 4.92 Å². The third kappa shape index (κ3) is 3.32. The Labute approximate surface area is 111 Å². The van der Waals surface area contributed by atoms with E-state index in [1.807, 2.05) is 6.20 Å². The lowest BCUT2D eigenvalue weighted by Gasteiger charge is -2.25. The van der Waals surface area contributed by atoms with Gasteiger partial charge in [-0.05, 0) is 37.0 Å². The largest absolute Gasteiger partial charge is 0.376 e. The van der Waals surface area contributed by atoms with Crippen LogP contribution in [0.15, 0.2) is 30.5 Å². The highest BCUT2D eigenvalue weighted by molar-refractivity contribution is 5.76. The predicted molar refractivity (Wildman–Crippen MR) is 72.1 cm³/mol. The van der Waals surface area contributed by atoms with Crippen molar-refractivity contribution in [2.75, 3.05) is 13.1 Å². The molecule has 0 N–H and O–H groups in total. The van der Waals surface area contributed by atoms with E-state index in [0.29, 0.717) is 5.57 Å². The second kappa shape index (κ2) is 6.01. The molecule has 1 saturated heterocycles. The van der Waals surface area contributed by atoms with Gasteiger partial charge in [-0.1, -0.05) is 0 Å². The Hall–Kier alpha value is -2.35. The summed E-state index contributed by atoms with van der Waals surface area (Å²) < 4.78 is 0. The van der Waals surface area contributed by atoms with Gasteiger partial charge in [0.1, 0.15) is 6.07 Å². The SMILES string of the molecule is N#C/C(=C/N1CCCCC1)c1ccc([N+](=O)[O-])cc1. The number of hydrogen-bond donors (Lipinski definition) is 0. The number of likely N-dealkylation sites (tertiary alicyclic amines) is 1. The van der Waals surface area contributed by atoms with Gasteiger partial charge >= 0.3 is 0 Å². The fourth-order valence-corrected chi connectivity index (χ4v) is 2.16. The molecule has 2 rings (SSSR count). The molecule has 1 fully saturated rings. The van der Waals surface area contributed by atoms with Gasteiger partial charge in [-0.15, -0.1) is 0 Å². The van der Waals surface area contributed by atoms with Gasteiger partial charge in [0.2, 0.25) is 0 Å². The number of rotatable bonds is 3. The molecule has 1 aromatic carbocycles. The Bertz CT molecular complexity index is 523. The average molecular weight is 257 g/mol. The zero-order chi connectivity index (χ0) is 13.7. The summed E-state index contributed by atoms with van der Waals surface area (Å²) in [6.45, 7) is 1.94. The summed E-state index contributed by atoms with van der Waals surface area (Å²) in [6, 6.07) is 8.26. The molecule has 5 nitrogen and oxygen atoms in total. The number of hydrogen-bond acceptors (Lipinski definition) is 4. The van der Waals surface area contributed by atoms with Crippen molar-refractivity contribution in [2.45, 2.75) is 19.3 Å². The van der Waals surface area contributed by atoms with Gasteiger partial charge in [-0.3, -0.25) is 10.1 Å². The third-order valence-corrected chi connectivity index (χ3v) is 3.21. The number of allylic oxidation sites excluding steroid dienone is 1. The van der Waals surface area contributed by atoms with Crippen LogP contribution in [0.25, 0.3) is 5.57 Å². The lowest BCUT2D eigenvalue weighted by Crippen LogP contribution is -2.24. The van der Waals surface area contributed by atoms with Crippen molar-refractivity contribution in [3.63, 3.8) is 0 Å². The molecule has 0 amide bonds. The van der Waals surface area contributed by atoms with E-state index in [4.69, 9.17) is 0 Å². The molecule has 0 aliphatic carbocycles. The highest BCUT2D eigenvalue weighted by Gasteiger charge is 2.10. The monoisotopic (exact) mass is 257 g/mol. The van der Waals surface area contributed by atoms with E-state index in [9.17, 15) is 15.4 Å². The molecule has 1 aliphatic rings. The second-order valence-corrected chi connectivity index (χ2v) is 4.56. The Morgan fingerprint density at radius 3 is 2.42 bits per heavy atom. The highest BCUT2D eigenvalue weighted by Crippen LogP contribution is 2.20. The van der Waals surface area contributed by atoms with E-state index in [1.54, 1.807) is 12.1 Å². The molecule has 5 heteroatoms. The Morgan fingerprint density at radius 1 is 1.26 bits per heavy atom. The predicted octanol–water partition coefficient (Wildman–Crippen LogP) is 2.95. The maximum atomic E-state index is 10.6. The van der Waals surface area contributed by atoms with Gasteiger partial charge in [0, 0.05) is 31.4 Å². The summed E-state index contributed by atoms with van der Waals surface area (Å²) >= 11 is 0. The summed E-state index contributed by atoms with van der Waals surface area (Å²) in [5.74, 6) is 0. The number of non-ortho nitro benzene ring substituents is 1. The van der Waals surface area contributed by atoms with Crippen LogP contribution in [0.3, 0.4) is 0 Å². The number of nitriles is 1. The van der Waals surface area contributed by atoms with Crippen LogP contribution in [0, 0.1) is 21.4 Å². The molecule has 1 heterocycles. The normalized spacial score (nSPS) is 15.9. The summed E-state index contributed by atoms with van der Waals surface area (Å²) in [6.07, 6.45) is 5.40. The summed E-state index contributed by atoms with van der Waals surface area (Å²) in [5, 5.41) is 19.8. The maximum absolute atomic E-state index is 10.6. The zero-order valence-corrected chi connectivity index (χ0v) is 10.6. The summed E-state index contributed by atoms with van der Waals surface area (Å²) in [4.78, 5) is 12.3. The van der Waals surface area contributed by atoms with E-state index in [-0.39, 0.29) is 5.69 Å². The van der Waals surface area contributed by atoms with Crippen LogP contribution in [0.1, 0.15) is 24.8 Å². The first kappa shape index (κ1) is 13.1. The average Bonchev–Trinajstić information content (AvgIpc) is 2.46. The minimum Gasteiger partial charge on any atom is -0.376 e. The molecular formula is C14H15N3O2. The van der Waals surface area contributed by atoms with Gasteiger partial charge < -0.3 is 4.90 Å². The van der Waals surface area contributed by atoms with Crippen LogP contribution in [0.4, 0.5) is 5.69 Å². The number of nitrogens with zero attached hydrogens (tertiary/aromatic N) is 3. The van der Waals surface area contributed by atoms with Crippen molar-refractivity contribution in [1.82, 2.24) is 4.90 Å². The van der Waals surface area contributed by atoms with Gasteiger partial charge in [0.25, 0.3) is 5.69 Å². The molecule has 98 valence electrons. The number of nitro benzene ring substituents is 1. The van der Waals surface area contributed by atoms with Gasteiger partial charge in [-0.25, -0.2) is 0 Å². The van der Waals surface area contributed by atoms with Gasteiger partial charge in [0.05, 0.1) is 10.5 Å². The first-order chi connectivity index (χ1) is 9.20. The van der Waals surface area contributed by atoms with E-state index in [2.05, 4.69) is 11.0 Å². The molecule has 1 aliphatic heterocycles. The number of benzene rings is 1. The summed E-state index contributed by atoms with van der Waals surface area (Å²) in [5.41, 5.74) is 1.31. The third-order valence-electron chi connectivity index (χ3n) is 3.21. The van der Waals surface area contributed by atoms with E-state index >= 15 is 0 Å². The van der Waals surface area contributed by atoms with Gasteiger partial charge in [-0.2, -0.15) is 5.26 Å². The lowest BCUT2D eigenvalue weighted by atomic mass is 10.1. The molecule has 0 spiro atoms. The van der Waals surface area contributed by atoms with Crippen molar-refractivity contribution in [3.05, 3.63) is 46.1 Å². The lowest BCUT2D eigenvalue weighted by molar-refractivity contribution is -0.384. The van der Waals surface area contributed by atoms with Crippen molar-refractivity contribution >= 4 is 11.3 Å². The van der Waals surface area contributed by atoms with Gasteiger partial charge in [0.15, 0.2) is 0 Å². The molecule has 0 saturated carbocycles. The Morgan fingerprint density at radius 2 is 1.89 bits per heavy atom. The molecule has 19 heavy (non-hydrogen) atoms. The topological polar surface area (TPSA) is 70.2 Å². The zero-order valence-electron chi connectivity index (χ0n) is 10.6. The van der Waals surface area contributed by atoms with Crippen molar-refractivity contribution in [1.29, 1.82) is 5.26 Å². The van der Waals surface area contributed by atoms with E-state index in [0.717, 1.165) is 31.5 Å². The van der Waals surface area contributed by atoms with Crippen LogP contribution in [0.2, 0.25) is 0 Å². The van der Waals surface area contributed by atoms with Crippen molar-refractivity contribution in [2.24, 2.45) is 0 Å². The fourth-order valence-electron chi connectivity index (χ4n) is 2.16. The Balaban J connectivity index is 2.19. The van der Waals surface area contributed by atoms with E-state index in [1.165, 1.54) is 18.6 Å². The molecule has 0 unspecified atom stereocenters. The molecule has 0 aromatic heterocycles. The van der Waals surface area contributed by atoms with Crippen LogP contribution in [-0.2, 0) is 0 Å². The Kier molecular flexibility index (Phi) is 4.14. The number of piperidine rings is 1. The molecule has 0 radical (unpaired) electrons. The minimum atomic E-state index is -0.440. The standard InChI is InChI=1S/C14H15N3O2/c15-10-13(11-16-8-2-1-3-9-16)12-4-6-14(7-5-12)17(18)19/h4-7,11H,1-3,8-9H2/b13-11-. The van der Waals surface area contributed by atoms with Crippen LogP contribution in [-0.4, -0.2) is 22.9 Å². The molecule has 1 aromatic rings. The first-order valence-corrected chi connectivity index (χ1v) is 6.31. The van der Waals surface area contributed by atoms with Crippen molar-refractivity contribution in [3.8, 4) is 6.07 Å². The number of nitro groups is 1. The molecular weight excluding hydrogens is 242 g/mol. The molecule has 0 atom stereocenters. The first-order valence-electron chi connectivity index (χ1n) is 6.31. The van der Waals surface area contributed by atoms with Crippen molar-refractivity contribution < 1.29 is 4.92 Å². The minimum absolute atomic E-state index is 0.0408. The highest BCUT2D eigenvalue weighted by atomic mass is 16.6. The summed E-state index contributed by atoms with van der Waals surface area (Å²) in [7, 11) is 0. The second-order valence-electron chi connectivity index (χ2n) is 4.56. The van der Waals surface area contributed by atoms with Crippen LogP contribution in [0.5, 0.6) is 0 Å². The van der Waals surface area contributed by atoms with Crippen LogP contribution < -0.4 is 0 Å². The quantitative estimate of drug-likeness (QED) is 0.474. The molecule has 0 bridgehead atoms. The maximum Gasteiger partial charge on any atom is 0.269 e.